The highest BCUT2D eigenvalue weighted by molar-refractivity contribution is 5.08. The summed E-state index contributed by atoms with van der Waals surface area (Å²) in [4.78, 5) is 0. The molecule has 2 rings (SSSR count). The van der Waals surface area contributed by atoms with Crippen LogP contribution in [0.4, 0.5) is 0 Å². The van der Waals surface area contributed by atoms with Gasteiger partial charge in [-0.05, 0) is 48.3 Å². The Labute approximate surface area is 89.5 Å². The summed E-state index contributed by atoms with van der Waals surface area (Å²) in [6, 6.07) is 0. The highest BCUT2D eigenvalue weighted by Crippen LogP contribution is 2.68. The van der Waals surface area contributed by atoms with Crippen LogP contribution in [0.15, 0.2) is 0 Å². The van der Waals surface area contributed by atoms with Crippen LogP contribution in [0.2, 0.25) is 0 Å². The molecule has 14 heavy (non-hydrogen) atoms. The van der Waals surface area contributed by atoms with Gasteiger partial charge in [0, 0.05) is 0 Å². The fourth-order valence-corrected chi connectivity index (χ4v) is 4.50. The molecule has 0 aliphatic heterocycles. The van der Waals surface area contributed by atoms with Gasteiger partial charge < -0.3 is 0 Å². The third-order valence-corrected chi connectivity index (χ3v) is 5.03. The smallest absolute Gasteiger partial charge is 0.0282 e. The highest BCUT2D eigenvalue weighted by Gasteiger charge is 2.57. The molecule has 0 heterocycles. The van der Waals surface area contributed by atoms with Gasteiger partial charge in [0.15, 0.2) is 0 Å². The normalized spacial score (nSPS) is 48.4. The van der Waals surface area contributed by atoms with E-state index < -0.39 is 0 Å². The minimum absolute atomic E-state index is 0.705. The Morgan fingerprint density at radius 3 is 2.29 bits per heavy atom. The SMILES string of the molecule is CCCC(C)C1(C)CC2(CC(C)C2)C1. The summed E-state index contributed by atoms with van der Waals surface area (Å²) in [5.74, 6) is 1.98. The minimum atomic E-state index is 0.705. The van der Waals surface area contributed by atoms with Crippen molar-refractivity contribution in [3.05, 3.63) is 0 Å². The van der Waals surface area contributed by atoms with Gasteiger partial charge in [-0.1, -0.05) is 40.5 Å². The quantitative estimate of drug-likeness (QED) is 0.614. The Morgan fingerprint density at radius 1 is 1.29 bits per heavy atom. The van der Waals surface area contributed by atoms with Crippen molar-refractivity contribution >= 4 is 0 Å². The topological polar surface area (TPSA) is 0 Å². The first-order chi connectivity index (χ1) is 6.50. The molecule has 82 valence electrons. The fraction of sp³-hybridized carbons (Fsp3) is 1.00. The first-order valence-electron chi connectivity index (χ1n) is 6.50. The molecule has 2 aliphatic carbocycles. The summed E-state index contributed by atoms with van der Waals surface area (Å²) in [6.07, 6.45) is 8.92. The molecule has 0 nitrogen and oxygen atoms in total. The molecule has 0 radical (unpaired) electrons. The molecular weight excluding hydrogens is 168 g/mol. The summed E-state index contributed by atoms with van der Waals surface area (Å²) in [5, 5.41) is 0. The van der Waals surface area contributed by atoms with Crippen molar-refractivity contribution in [3.8, 4) is 0 Å². The van der Waals surface area contributed by atoms with Crippen molar-refractivity contribution in [1.29, 1.82) is 0 Å². The zero-order valence-electron chi connectivity index (χ0n) is 10.4. The largest absolute Gasteiger partial charge is 0.0654 e. The Kier molecular flexibility index (Phi) is 2.44. The lowest BCUT2D eigenvalue weighted by molar-refractivity contribution is -0.139. The van der Waals surface area contributed by atoms with Crippen LogP contribution in [0, 0.1) is 22.7 Å². The molecule has 2 saturated carbocycles. The Hall–Kier alpha value is 0. The van der Waals surface area contributed by atoms with Gasteiger partial charge in [0.05, 0.1) is 0 Å². The molecule has 0 aromatic carbocycles. The van der Waals surface area contributed by atoms with Crippen LogP contribution in [0.5, 0.6) is 0 Å². The second-order valence-electron chi connectivity index (χ2n) is 6.71. The van der Waals surface area contributed by atoms with Crippen molar-refractivity contribution in [1.82, 2.24) is 0 Å². The lowest BCUT2D eigenvalue weighted by Gasteiger charge is -2.64. The van der Waals surface area contributed by atoms with Crippen molar-refractivity contribution in [2.75, 3.05) is 0 Å². The second kappa shape index (κ2) is 3.25. The van der Waals surface area contributed by atoms with Crippen LogP contribution < -0.4 is 0 Å². The van der Waals surface area contributed by atoms with Crippen LogP contribution >= 0.6 is 0 Å². The summed E-state index contributed by atoms with van der Waals surface area (Å²) in [5.41, 5.74) is 1.53. The lowest BCUT2D eigenvalue weighted by Crippen LogP contribution is -2.54. The third kappa shape index (κ3) is 1.51. The van der Waals surface area contributed by atoms with E-state index in [2.05, 4.69) is 27.7 Å². The van der Waals surface area contributed by atoms with E-state index in [4.69, 9.17) is 0 Å². The Morgan fingerprint density at radius 2 is 1.86 bits per heavy atom. The molecule has 0 aromatic rings. The molecule has 2 aliphatic rings. The first kappa shape index (κ1) is 10.5. The van der Waals surface area contributed by atoms with Gasteiger partial charge in [-0.3, -0.25) is 0 Å². The van der Waals surface area contributed by atoms with Gasteiger partial charge in [-0.15, -0.1) is 0 Å². The van der Waals surface area contributed by atoms with Crippen LogP contribution in [0.1, 0.15) is 66.2 Å². The van der Waals surface area contributed by atoms with Gasteiger partial charge in [-0.25, -0.2) is 0 Å². The lowest BCUT2D eigenvalue weighted by atomic mass is 9.41. The third-order valence-electron chi connectivity index (χ3n) is 5.03. The van der Waals surface area contributed by atoms with E-state index in [1.165, 1.54) is 38.5 Å². The maximum absolute atomic E-state index is 2.53. The minimum Gasteiger partial charge on any atom is -0.0654 e. The Balaban J connectivity index is 1.85. The van der Waals surface area contributed by atoms with Crippen molar-refractivity contribution in [2.24, 2.45) is 22.7 Å². The molecule has 1 unspecified atom stereocenters. The fourth-order valence-electron chi connectivity index (χ4n) is 4.50. The monoisotopic (exact) mass is 194 g/mol. The standard InChI is InChI=1S/C14H26/c1-5-6-12(3)13(4)9-14(10-13)7-11(2)8-14/h11-12H,5-10H2,1-4H3. The average Bonchev–Trinajstić information content (AvgIpc) is 1.99. The van der Waals surface area contributed by atoms with Crippen LogP contribution in [-0.4, -0.2) is 0 Å². The van der Waals surface area contributed by atoms with Crippen LogP contribution in [0.25, 0.3) is 0 Å². The maximum atomic E-state index is 2.53. The Bertz CT molecular complexity index is 202. The highest BCUT2D eigenvalue weighted by atomic mass is 14.6. The zero-order chi connectivity index (χ0) is 10.4. The molecule has 2 fully saturated rings. The molecule has 0 amide bonds. The molecule has 1 spiro atoms. The summed E-state index contributed by atoms with van der Waals surface area (Å²) in [6.45, 7) is 9.73. The average molecular weight is 194 g/mol. The van der Waals surface area contributed by atoms with Crippen LogP contribution in [0.3, 0.4) is 0 Å². The zero-order valence-corrected chi connectivity index (χ0v) is 10.4. The van der Waals surface area contributed by atoms with E-state index in [-0.39, 0.29) is 0 Å². The second-order valence-corrected chi connectivity index (χ2v) is 6.71. The van der Waals surface area contributed by atoms with Crippen molar-refractivity contribution in [2.45, 2.75) is 66.2 Å². The number of hydrogen-bond acceptors (Lipinski definition) is 0. The first-order valence-corrected chi connectivity index (χ1v) is 6.50. The van der Waals surface area contributed by atoms with Gasteiger partial charge in [-0.2, -0.15) is 0 Å². The van der Waals surface area contributed by atoms with E-state index in [9.17, 15) is 0 Å². The van der Waals surface area contributed by atoms with Crippen molar-refractivity contribution < 1.29 is 0 Å². The van der Waals surface area contributed by atoms with Gasteiger partial charge in [0.25, 0.3) is 0 Å². The summed E-state index contributed by atoms with van der Waals surface area (Å²) < 4.78 is 0. The van der Waals surface area contributed by atoms with E-state index in [1.54, 1.807) is 0 Å². The molecule has 0 bridgehead atoms. The molecule has 0 N–H and O–H groups in total. The molecule has 0 heteroatoms. The van der Waals surface area contributed by atoms with E-state index in [1.807, 2.05) is 0 Å². The number of rotatable bonds is 3. The van der Waals surface area contributed by atoms with Gasteiger partial charge in [0.2, 0.25) is 0 Å². The van der Waals surface area contributed by atoms with E-state index in [0.717, 1.165) is 17.3 Å². The molecule has 0 aromatic heterocycles. The summed E-state index contributed by atoms with van der Waals surface area (Å²) in [7, 11) is 0. The van der Waals surface area contributed by atoms with Crippen molar-refractivity contribution in [3.63, 3.8) is 0 Å². The predicted octanol–water partition coefficient (Wildman–Crippen LogP) is 4.64. The molecular formula is C14H26. The maximum Gasteiger partial charge on any atom is -0.0282 e. The predicted molar refractivity (Wildman–Crippen MR) is 62.2 cm³/mol. The van der Waals surface area contributed by atoms with E-state index >= 15 is 0 Å². The molecule has 0 saturated heterocycles. The van der Waals surface area contributed by atoms with Gasteiger partial charge >= 0.3 is 0 Å². The summed E-state index contributed by atoms with van der Waals surface area (Å²) >= 11 is 0. The van der Waals surface area contributed by atoms with E-state index in [0.29, 0.717) is 5.41 Å². The van der Waals surface area contributed by atoms with Gasteiger partial charge in [0.1, 0.15) is 0 Å². The van der Waals surface area contributed by atoms with Crippen LogP contribution in [-0.2, 0) is 0 Å². The molecule has 1 atom stereocenters. The number of hydrogen-bond donors (Lipinski definition) is 0.